The van der Waals surface area contributed by atoms with Gasteiger partial charge in [-0.2, -0.15) is 0 Å². The molecule has 0 saturated heterocycles. The molecule has 3 nitrogen and oxygen atoms in total. The first-order chi connectivity index (χ1) is 9.15. The molecule has 2 rings (SSSR count). The normalized spacial score (nSPS) is 18.1. The number of halogens is 1. The van der Waals surface area contributed by atoms with Crippen molar-refractivity contribution in [2.24, 2.45) is 5.73 Å². The molecule has 112 valence electrons. The lowest BCUT2D eigenvalue weighted by atomic mass is 9.78. The van der Waals surface area contributed by atoms with Crippen molar-refractivity contribution in [2.75, 3.05) is 6.54 Å². The predicted octanol–water partition coefficient (Wildman–Crippen LogP) is 2.77. The summed E-state index contributed by atoms with van der Waals surface area (Å²) in [7, 11) is 0. The average Bonchev–Trinajstić information content (AvgIpc) is 2.90. The topological polar surface area (TPSA) is 55.1 Å². The first kappa shape index (κ1) is 17.0. The van der Waals surface area contributed by atoms with Crippen LogP contribution in [0.1, 0.15) is 44.6 Å². The van der Waals surface area contributed by atoms with Crippen molar-refractivity contribution < 1.29 is 4.79 Å². The van der Waals surface area contributed by atoms with Crippen LogP contribution >= 0.6 is 12.4 Å². The minimum absolute atomic E-state index is 0. The Kier molecular flexibility index (Phi) is 6.50. The van der Waals surface area contributed by atoms with E-state index in [1.54, 1.807) is 0 Å². The van der Waals surface area contributed by atoms with Gasteiger partial charge >= 0.3 is 0 Å². The van der Waals surface area contributed by atoms with E-state index in [2.05, 4.69) is 17.4 Å². The van der Waals surface area contributed by atoms with Gasteiger partial charge in [-0.25, -0.2) is 0 Å². The highest BCUT2D eigenvalue weighted by molar-refractivity contribution is 5.88. The summed E-state index contributed by atoms with van der Waals surface area (Å²) < 4.78 is 0. The molecule has 0 aromatic heterocycles. The molecular formula is C16H25ClN2O. The molecule has 20 heavy (non-hydrogen) atoms. The highest BCUT2D eigenvalue weighted by Gasteiger charge is 2.42. The molecule has 0 spiro atoms. The zero-order valence-electron chi connectivity index (χ0n) is 12.1. The lowest BCUT2D eigenvalue weighted by Crippen LogP contribution is -2.43. The summed E-state index contributed by atoms with van der Waals surface area (Å²) in [6.07, 6.45) is 5.02. The number of rotatable bonds is 5. The third kappa shape index (κ3) is 3.74. The molecule has 1 atom stereocenters. The monoisotopic (exact) mass is 296 g/mol. The van der Waals surface area contributed by atoms with Crippen LogP contribution in [-0.2, 0) is 10.2 Å². The van der Waals surface area contributed by atoms with Crippen molar-refractivity contribution >= 4 is 18.3 Å². The van der Waals surface area contributed by atoms with Gasteiger partial charge < -0.3 is 11.1 Å². The fraction of sp³-hybridized carbons (Fsp3) is 0.562. The van der Waals surface area contributed by atoms with E-state index >= 15 is 0 Å². The third-order valence-electron chi connectivity index (χ3n) is 4.10. The van der Waals surface area contributed by atoms with Crippen molar-refractivity contribution in [1.29, 1.82) is 0 Å². The van der Waals surface area contributed by atoms with Crippen molar-refractivity contribution in [2.45, 2.75) is 50.5 Å². The zero-order valence-corrected chi connectivity index (χ0v) is 12.9. The molecule has 4 heteroatoms. The molecule has 1 aromatic carbocycles. The van der Waals surface area contributed by atoms with Gasteiger partial charge in [-0.1, -0.05) is 43.2 Å². The summed E-state index contributed by atoms with van der Waals surface area (Å²) >= 11 is 0. The van der Waals surface area contributed by atoms with Crippen LogP contribution in [0.5, 0.6) is 0 Å². The smallest absolute Gasteiger partial charge is 0.230 e. The van der Waals surface area contributed by atoms with E-state index in [0.29, 0.717) is 6.54 Å². The van der Waals surface area contributed by atoms with Crippen LogP contribution in [-0.4, -0.2) is 18.5 Å². The van der Waals surface area contributed by atoms with Gasteiger partial charge in [-0.15, -0.1) is 12.4 Å². The Balaban J connectivity index is 0.00000200. The second kappa shape index (κ2) is 7.65. The molecule has 0 heterocycles. The molecule has 1 unspecified atom stereocenters. The van der Waals surface area contributed by atoms with Crippen molar-refractivity contribution in [3.8, 4) is 0 Å². The summed E-state index contributed by atoms with van der Waals surface area (Å²) in [5, 5.41) is 3.08. The average molecular weight is 297 g/mol. The Hall–Kier alpha value is -1.06. The molecule has 1 aliphatic rings. The van der Waals surface area contributed by atoms with Crippen LogP contribution in [0.3, 0.4) is 0 Å². The molecule has 1 saturated carbocycles. The third-order valence-corrected chi connectivity index (χ3v) is 4.10. The van der Waals surface area contributed by atoms with E-state index in [9.17, 15) is 4.79 Å². The van der Waals surface area contributed by atoms with E-state index < -0.39 is 0 Å². The van der Waals surface area contributed by atoms with Crippen LogP contribution in [0, 0.1) is 0 Å². The standard InChI is InChI=1S/C16H24N2O.ClH/c1-13(17)9-12-18-15(19)16(10-5-6-11-16)14-7-3-2-4-8-14;/h2-4,7-8,13H,5-6,9-12,17H2,1H3,(H,18,19);1H. The van der Waals surface area contributed by atoms with Crippen LogP contribution < -0.4 is 11.1 Å². The van der Waals surface area contributed by atoms with E-state index in [1.165, 1.54) is 0 Å². The SMILES string of the molecule is CC(N)CCNC(=O)C1(c2ccccc2)CCCC1.Cl. The number of hydrogen-bond donors (Lipinski definition) is 2. The van der Waals surface area contributed by atoms with Gasteiger partial charge in [0.05, 0.1) is 5.41 Å². The summed E-state index contributed by atoms with van der Waals surface area (Å²) in [6.45, 7) is 2.64. The van der Waals surface area contributed by atoms with Gasteiger partial charge in [0.25, 0.3) is 0 Å². The quantitative estimate of drug-likeness (QED) is 0.878. The second-order valence-electron chi connectivity index (χ2n) is 5.68. The number of benzene rings is 1. The maximum absolute atomic E-state index is 12.6. The van der Waals surface area contributed by atoms with Crippen LogP contribution in [0.2, 0.25) is 0 Å². The maximum atomic E-state index is 12.6. The Labute approximate surface area is 127 Å². The molecule has 1 fully saturated rings. The van der Waals surface area contributed by atoms with Crippen LogP contribution in [0.25, 0.3) is 0 Å². The fourth-order valence-electron chi connectivity index (χ4n) is 2.97. The minimum Gasteiger partial charge on any atom is -0.355 e. The van der Waals surface area contributed by atoms with Crippen LogP contribution in [0.4, 0.5) is 0 Å². The van der Waals surface area contributed by atoms with Gasteiger partial charge in [0.2, 0.25) is 5.91 Å². The molecule has 0 aliphatic heterocycles. The first-order valence-electron chi connectivity index (χ1n) is 7.24. The number of amides is 1. The van der Waals surface area contributed by atoms with Gasteiger partial charge in [0, 0.05) is 12.6 Å². The first-order valence-corrected chi connectivity index (χ1v) is 7.24. The van der Waals surface area contributed by atoms with E-state index in [-0.39, 0.29) is 29.8 Å². The highest BCUT2D eigenvalue weighted by atomic mass is 35.5. The molecule has 1 aliphatic carbocycles. The van der Waals surface area contributed by atoms with Crippen molar-refractivity contribution in [3.05, 3.63) is 35.9 Å². The Morgan fingerprint density at radius 1 is 1.30 bits per heavy atom. The largest absolute Gasteiger partial charge is 0.355 e. The van der Waals surface area contributed by atoms with Crippen molar-refractivity contribution in [3.63, 3.8) is 0 Å². The van der Waals surface area contributed by atoms with E-state index in [4.69, 9.17) is 5.73 Å². The van der Waals surface area contributed by atoms with Gasteiger partial charge in [0.1, 0.15) is 0 Å². The maximum Gasteiger partial charge on any atom is 0.230 e. The predicted molar refractivity (Wildman–Crippen MR) is 85.1 cm³/mol. The summed E-state index contributed by atoms with van der Waals surface area (Å²) in [4.78, 5) is 12.6. The molecular weight excluding hydrogens is 272 g/mol. The number of nitrogens with two attached hydrogens (primary N) is 1. The molecule has 0 radical (unpaired) electrons. The number of hydrogen-bond acceptors (Lipinski definition) is 2. The zero-order chi connectivity index (χ0) is 13.7. The van der Waals surface area contributed by atoms with E-state index in [0.717, 1.165) is 37.7 Å². The molecule has 1 amide bonds. The minimum atomic E-state index is -0.306. The Bertz CT molecular complexity index is 414. The second-order valence-corrected chi connectivity index (χ2v) is 5.68. The van der Waals surface area contributed by atoms with Crippen LogP contribution in [0.15, 0.2) is 30.3 Å². The summed E-state index contributed by atoms with van der Waals surface area (Å²) in [5.74, 6) is 0.178. The lowest BCUT2D eigenvalue weighted by Gasteiger charge is -2.28. The number of carbonyl (C=O) groups is 1. The highest BCUT2D eigenvalue weighted by Crippen LogP contribution is 2.41. The van der Waals surface area contributed by atoms with Gasteiger partial charge in [0.15, 0.2) is 0 Å². The fourth-order valence-corrected chi connectivity index (χ4v) is 2.97. The van der Waals surface area contributed by atoms with E-state index in [1.807, 2.05) is 25.1 Å². The van der Waals surface area contributed by atoms with Gasteiger partial charge in [-0.3, -0.25) is 4.79 Å². The summed E-state index contributed by atoms with van der Waals surface area (Å²) in [6, 6.07) is 10.3. The lowest BCUT2D eigenvalue weighted by molar-refractivity contribution is -0.126. The van der Waals surface area contributed by atoms with Crippen molar-refractivity contribution in [1.82, 2.24) is 5.32 Å². The number of carbonyl (C=O) groups excluding carboxylic acids is 1. The molecule has 3 N–H and O–H groups in total. The Morgan fingerprint density at radius 3 is 2.45 bits per heavy atom. The Morgan fingerprint density at radius 2 is 1.90 bits per heavy atom. The molecule has 0 bridgehead atoms. The summed E-state index contributed by atoms with van der Waals surface area (Å²) in [5.41, 5.74) is 6.58. The number of nitrogens with one attached hydrogen (secondary N) is 1. The molecule has 1 aromatic rings. The van der Waals surface area contributed by atoms with Gasteiger partial charge in [-0.05, 0) is 31.7 Å².